The van der Waals surface area contributed by atoms with Gasteiger partial charge in [0.15, 0.2) is 6.61 Å². The van der Waals surface area contributed by atoms with Gasteiger partial charge in [0.2, 0.25) is 0 Å². The first-order chi connectivity index (χ1) is 11.7. The van der Waals surface area contributed by atoms with E-state index in [1.54, 1.807) is 0 Å². The molecule has 1 fully saturated rings. The van der Waals surface area contributed by atoms with E-state index in [9.17, 15) is 4.79 Å². The number of benzene rings is 2. The first-order valence-electron chi connectivity index (χ1n) is 8.15. The number of ether oxygens (including phenoxy) is 1. The quantitative estimate of drug-likeness (QED) is 0.783. The van der Waals surface area contributed by atoms with Crippen LogP contribution < -0.4 is 10.1 Å². The van der Waals surface area contributed by atoms with Gasteiger partial charge in [0, 0.05) is 18.7 Å². The molecule has 1 aromatic heterocycles. The van der Waals surface area contributed by atoms with Crippen LogP contribution in [0.5, 0.6) is 5.75 Å². The summed E-state index contributed by atoms with van der Waals surface area (Å²) < 4.78 is 7.61. The van der Waals surface area contributed by atoms with Crippen LogP contribution in [0.15, 0.2) is 48.5 Å². The lowest BCUT2D eigenvalue weighted by Crippen LogP contribution is -2.20. The average Bonchev–Trinajstić information content (AvgIpc) is 3.39. The van der Waals surface area contributed by atoms with Crippen LogP contribution >= 0.6 is 0 Å². The Bertz CT molecular complexity index is 882. The second-order valence-electron chi connectivity index (χ2n) is 6.16. The summed E-state index contributed by atoms with van der Waals surface area (Å²) in [6.45, 7) is -0.0163. The Morgan fingerprint density at radius 3 is 2.79 bits per heavy atom. The van der Waals surface area contributed by atoms with Crippen LogP contribution in [-0.2, 0) is 11.8 Å². The Morgan fingerprint density at radius 2 is 2.04 bits per heavy atom. The molecule has 1 aliphatic carbocycles. The monoisotopic (exact) mass is 321 g/mol. The Kier molecular flexibility index (Phi) is 3.69. The highest BCUT2D eigenvalue weighted by atomic mass is 16.5. The maximum Gasteiger partial charge on any atom is 0.262 e. The van der Waals surface area contributed by atoms with Crippen molar-refractivity contribution in [3.05, 3.63) is 54.4 Å². The number of hydrogen-bond donors (Lipinski definition) is 1. The molecule has 0 spiro atoms. The fourth-order valence-corrected chi connectivity index (χ4v) is 2.87. The van der Waals surface area contributed by atoms with Crippen LogP contribution in [0.4, 0.5) is 5.69 Å². The lowest BCUT2D eigenvalue weighted by molar-refractivity contribution is -0.118. The molecule has 3 aromatic rings. The minimum atomic E-state index is -0.184. The van der Waals surface area contributed by atoms with Gasteiger partial charge in [-0.2, -0.15) is 0 Å². The summed E-state index contributed by atoms with van der Waals surface area (Å²) in [5.74, 6) is 2.24. The summed E-state index contributed by atoms with van der Waals surface area (Å²) in [5, 5.41) is 2.86. The van der Waals surface area contributed by atoms with E-state index in [4.69, 9.17) is 9.72 Å². The number of amides is 1. The molecule has 1 saturated carbocycles. The van der Waals surface area contributed by atoms with Crippen molar-refractivity contribution >= 4 is 22.6 Å². The second-order valence-corrected chi connectivity index (χ2v) is 6.16. The SMILES string of the molecule is Cn1c(C2CC2)nc2cc(NC(=O)COc3ccccc3)ccc21. The molecule has 1 heterocycles. The highest BCUT2D eigenvalue weighted by molar-refractivity contribution is 5.94. The smallest absolute Gasteiger partial charge is 0.262 e. The predicted molar refractivity (Wildman–Crippen MR) is 93.3 cm³/mol. The van der Waals surface area contributed by atoms with E-state index in [-0.39, 0.29) is 12.5 Å². The fourth-order valence-electron chi connectivity index (χ4n) is 2.87. The third kappa shape index (κ3) is 2.97. The zero-order valence-corrected chi connectivity index (χ0v) is 13.5. The van der Waals surface area contributed by atoms with E-state index in [2.05, 4.69) is 16.9 Å². The molecule has 4 rings (SSSR count). The number of nitrogens with zero attached hydrogens (tertiary/aromatic N) is 2. The molecule has 0 radical (unpaired) electrons. The van der Waals surface area contributed by atoms with Gasteiger partial charge < -0.3 is 14.6 Å². The first kappa shape index (κ1) is 14.8. The van der Waals surface area contributed by atoms with Crippen LogP contribution in [0.25, 0.3) is 11.0 Å². The third-order valence-electron chi connectivity index (χ3n) is 4.25. The van der Waals surface area contributed by atoms with Gasteiger partial charge in [-0.3, -0.25) is 4.79 Å². The fraction of sp³-hybridized carbons (Fsp3) is 0.263. The minimum absolute atomic E-state index is 0.0163. The van der Waals surface area contributed by atoms with Crippen LogP contribution in [0.3, 0.4) is 0 Å². The number of carbonyl (C=O) groups is 1. The number of hydrogen-bond acceptors (Lipinski definition) is 3. The number of carbonyl (C=O) groups excluding carboxylic acids is 1. The molecule has 1 amide bonds. The number of nitrogens with one attached hydrogen (secondary N) is 1. The average molecular weight is 321 g/mol. The number of para-hydroxylation sites is 1. The third-order valence-corrected chi connectivity index (χ3v) is 4.25. The number of anilines is 1. The van der Waals surface area contributed by atoms with E-state index < -0.39 is 0 Å². The van der Waals surface area contributed by atoms with Crippen LogP contribution in [0.1, 0.15) is 24.6 Å². The Morgan fingerprint density at radius 1 is 1.25 bits per heavy atom. The molecule has 0 saturated heterocycles. The van der Waals surface area contributed by atoms with E-state index in [1.165, 1.54) is 12.8 Å². The summed E-state index contributed by atoms with van der Waals surface area (Å²) in [6, 6.07) is 15.1. The number of fused-ring (bicyclic) bond motifs is 1. The van der Waals surface area contributed by atoms with E-state index in [0.717, 1.165) is 22.5 Å². The van der Waals surface area contributed by atoms with Crippen molar-refractivity contribution in [3.8, 4) is 5.75 Å². The van der Waals surface area contributed by atoms with Crippen LogP contribution in [-0.4, -0.2) is 22.1 Å². The van der Waals surface area contributed by atoms with Crippen molar-refractivity contribution in [1.29, 1.82) is 0 Å². The number of aromatic nitrogens is 2. The normalized spacial score (nSPS) is 13.9. The van der Waals surface area contributed by atoms with Gasteiger partial charge >= 0.3 is 0 Å². The van der Waals surface area contributed by atoms with Crippen molar-refractivity contribution in [2.24, 2.45) is 7.05 Å². The maximum absolute atomic E-state index is 12.1. The summed E-state index contributed by atoms with van der Waals surface area (Å²) >= 11 is 0. The Balaban J connectivity index is 1.45. The zero-order valence-electron chi connectivity index (χ0n) is 13.5. The summed E-state index contributed by atoms with van der Waals surface area (Å²) in [6.07, 6.45) is 2.44. The van der Waals surface area contributed by atoms with Crippen molar-refractivity contribution in [2.75, 3.05) is 11.9 Å². The number of rotatable bonds is 5. The molecule has 24 heavy (non-hydrogen) atoms. The predicted octanol–water partition coefficient (Wildman–Crippen LogP) is 3.47. The molecule has 0 unspecified atom stereocenters. The van der Waals surface area contributed by atoms with Gasteiger partial charge in [-0.25, -0.2) is 4.98 Å². The largest absolute Gasteiger partial charge is 0.484 e. The van der Waals surface area contributed by atoms with Gasteiger partial charge in [0.1, 0.15) is 11.6 Å². The van der Waals surface area contributed by atoms with E-state index in [1.807, 2.05) is 48.5 Å². The molecule has 0 aliphatic heterocycles. The standard InChI is InChI=1S/C19H19N3O2/c1-22-17-10-9-14(11-16(17)21-19(22)13-7-8-13)20-18(23)12-24-15-5-3-2-4-6-15/h2-6,9-11,13H,7-8,12H2,1H3,(H,20,23). The molecular weight excluding hydrogens is 302 g/mol. The van der Waals surface area contributed by atoms with E-state index in [0.29, 0.717) is 11.7 Å². The van der Waals surface area contributed by atoms with Crippen molar-refractivity contribution in [1.82, 2.24) is 9.55 Å². The van der Waals surface area contributed by atoms with Crippen molar-refractivity contribution in [3.63, 3.8) is 0 Å². The summed E-state index contributed by atoms with van der Waals surface area (Å²) in [5.41, 5.74) is 2.75. The van der Waals surface area contributed by atoms with Crippen molar-refractivity contribution < 1.29 is 9.53 Å². The van der Waals surface area contributed by atoms with Crippen LogP contribution in [0.2, 0.25) is 0 Å². The number of aryl methyl sites for hydroxylation is 1. The molecular formula is C19H19N3O2. The highest BCUT2D eigenvalue weighted by Crippen LogP contribution is 2.40. The lowest BCUT2D eigenvalue weighted by atomic mass is 10.2. The molecule has 0 bridgehead atoms. The van der Waals surface area contributed by atoms with Gasteiger partial charge in [-0.1, -0.05) is 18.2 Å². The first-order valence-corrected chi connectivity index (χ1v) is 8.15. The Hall–Kier alpha value is -2.82. The minimum Gasteiger partial charge on any atom is -0.484 e. The van der Waals surface area contributed by atoms with Gasteiger partial charge in [0.05, 0.1) is 11.0 Å². The maximum atomic E-state index is 12.1. The molecule has 122 valence electrons. The molecule has 0 atom stereocenters. The Labute approximate surface area is 140 Å². The summed E-state index contributed by atoms with van der Waals surface area (Å²) in [4.78, 5) is 16.8. The molecule has 1 N–H and O–H groups in total. The summed E-state index contributed by atoms with van der Waals surface area (Å²) in [7, 11) is 2.05. The van der Waals surface area contributed by atoms with Gasteiger partial charge in [-0.05, 0) is 43.2 Å². The zero-order chi connectivity index (χ0) is 16.5. The van der Waals surface area contributed by atoms with Crippen molar-refractivity contribution in [2.45, 2.75) is 18.8 Å². The lowest BCUT2D eigenvalue weighted by Gasteiger charge is -2.07. The topological polar surface area (TPSA) is 56.2 Å². The molecule has 1 aliphatic rings. The molecule has 5 nitrogen and oxygen atoms in total. The second kappa shape index (κ2) is 6.00. The molecule has 5 heteroatoms. The highest BCUT2D eigenvalue weighted by Gasteiger charge is 2.28. The van der Waals surface area contributed by atoms with E-state index >= 15 is 0 Å². The molecule has 2 aromatic carbocycles. The van der Waals surface area contributed by atoms with Crippen LogP contribution in [0, 0.1) is 0 Å². The van der Waals surface area contributed by atoms with Gasteiger partial charge in [0.25, 0.3) is 5.91 Å². The number of imidazole rings is 1. The van der Waals surface area contributed by atoms with Gasteiger partial charge in [-0.15, -0.1) is 0 Å².